The molecule has 0 unspecified atom stereocenters. The molecular formula is C21H23N3O4S2. The molecule has 1 amide bonds. The SMILES string of the molecule is CN(C)S(=O)(=O)c1ccc(=O)n(CCC(=O)N[C@H](c2ccccc2)c2cccs2)c1. The highest BCUT2D eigenvalue weighted by molar-refractivity contribution is 7.89. The van der Waals surface area contributed by atoms with Crippen LogP contribution in [0.5, 0.6) is 0 Å². The van der Waals surface area contributed by atoms with Crippen LogP contribution in [0.3, 0.4) is 0 Å². The molecule has 3 aromatic rings. The number of benzene rings is 1. The third kappa shape index (κ3) is 5.05. The van der Waals surface area contributed by atoms with Gasteiger partial charge in [-0.25, -0.2) is 12.7 Å². The third-order valence-electron chi connectivity index (χ3n) is 4.58. The average Bonchev–Trinajstić information content (AvgIpc) is 3.26. The molecule has 158 valence electrons. The molecule has 0 aliphatic heterocycles. The topological polar surface area (TPSA) is 88.5 Å². The number of pyridine rings is 1. The molecule has 0 saturated heterocycles. The molecule has 0 fully saturated rings. The molecular weight excluding hydrogens is 422 g/mol. The Morgan fingerprint density at radius 1 is 1.10 bits per heavy atom. The van der Waals surface area contributed by atoms with Crippen LogP contribution in [0.1, 0.15) is 22.9 Å². The number of carbonyl (C=O) groups is 1. The van der Waals surface area contributed by atoms with Crippen molar-refractivity contribution in [2.45, 2.75) is 23.9 Å². The standard InChI is InChI=1S/C21H23N3O4S2/c1-23(2)30(27,28)17-10-11-20(26)24(15-17)13-12-19(25)22-21(18-9-6-14-29-18)16-7-4-3-5-8-16/h3-11,14-15,21H,12-13H2,1-2H3,(H,22,25)/t21-/m1/s1. The zero-order valence-electron chi connectivity index (χ0n) is 16.7. The van der Waals surface area contributed by atoms with Gasteiger partial charge < -0.3 is 9.88 Å². The van der Waals surface area contributed by atoms with Crippen LogP contribution in [0, 0.1) is 0 Å². The van der Waals surface area contributed by atoms with Crippen LogP contribution in [0.15, 0.2) is 75.9 Å². The maximum absolute atomic E-state index is 12.6. The second-order valence-electron chi connectivity index (χ2n) is 6.86. The Balaban J connectivity index is 1.74. The van der Waals surface area contributed by atoms with Gasteiger partial charge in [0.05, 0.1) is 10.9 Å². The number of carbonyl (C=O) groups excluding carboxylic acids is 1. The van der Waals surface area contributed by atoms with Crippen molar-refractivity contribution in [3.63, 3.8) is 0 Å². The van der Waals surface area contributed by atoms with Gasteiger partial charge in [-0.15, -0.1) is 11.3 Å². The number of amides is 1. The Labute approximate surface area is 179 Å². The Kier molecular flexibility index (Phi) is 6.86. The number of sulfonamides is 1. The molecule has 3 rings (SSSR count). The van der Waals surface area contributed by atoms with E-state index in [9.17, 15) is 18.0 Å². The van der Waals surface area contributed by atoms with Crippen LogP contribution in [0.25, 0.3) is 0 Å². The van der Waals surface area contributed by atoms with Crippen molar-refractivity contribution in [1.29, 1.82) is 0 Å². The van der Waals surface area contributed by atoms with E-state index >= 15 is 0 Å². The number of aryl methyl sites for hydroxylation is 1. The molecule has 1 aromatic carbocycles. The van der Waals surface area contributed by atoms with Crippen molar-refractivity contribution >= 4 is 27.3 Å². The first-order chi connectivity index (χ1) is 14.3. The van der Waals surface area contributed by atoms with Gasteiger partial charge in [0.25, 0.3) is 5.56 Å². The Bertz CT molecular complexity index is 1150. The molecule has 1 atom stereocenters. The van der Waals surface area contributed by atoms with E-state index in [0.29, 0.717) is 0 Å². The molecule has 0 aliphatic rings. The second-order valence-corrected chi connectivity index (χ2v) is 9.99. The molecule has 1 N–H and O–H groups in total. The molecule has 2 heterocycles. The summed E-state index contributed by atoms with van der Waals surface area (Å²) in [6.45, 7) is 0.0768. The number of aromatic nitrogens is 1. The molecule has 9 heteroatoms. The van der Waals surface area contributed by atoms with Crippen LogP contribution in [0.2, 0.25) is 0 Å². The summed E-state index contributed by atoms with van der Waals surface area (Å²) in [5.41, 5.74) is 0.600. The lowest BCUT2D eigenvalue weighted by atomic mass is 10.1. The van der Waals surface area contributed by atoms with E-state index in [-0.39, 0.29) is 35.4 Å². The van der Waals surface area contributed by atoms with E-state index in [1.165, 1.54) is 37.0 Å². The lowest BCUT2D eigenvalue weighted by molar-refractivity contribution is -0.121. The van der Waals surface area contributed by atoms with Crippen LogP contribution in [-0.4, -0.2) is 37.3 Å². The second kappa shape index (κ2) is 9.38. The summed E-state index contributed by atoms with van der Waals surface area (Å²) in [7, 11) is -0.819. The fraction of sp³-hybridized carbons (Fsp3) is 0.238. The number of hydrogen-bond acceptors (Lipinski definition) is 5. The first-order valence-corrected chi connectivity index (χ1v) is 11.6. The van der Waals surface area contributed by atoms with Crippen LogP contribution >= 0.6 is 11.3 Å². The van der Waals surface area contributed by atoms with Gasteiger partial charge in [0, 0.05) is 44.2 Å². The molecule has 30 heavy (non-hydrogen) atoms. The van der Waals surface area contributed by atoms with Gasteiger partial charge in [0.2, 0.25) is 15.9 Å². The first kappa shape index (κ1) is 21.9. The lowest BCUT2D eigenvalue weighted by Crippen LogP contribution is -2.31. The zero-order valence-corrected chi connectivity index (χ0v) is 18.3. The molecule has 0 radical (unpaired) electrons. The minimum Gasteiger partial charge on any atom is -0.344 e. The first-order valence-electron chi connectivity index (χ1n) is 9.30. The Hall–Kier alpha value is -2.75. The van der Waals surface area contributed by atoms with Gasteiger partial charge in [-0.3, -0.25) is 9.59 Å². The summed E-state index contributed by atoms with van der Waals surface area (Å²) in [6, 6.07) is 15.7. The minimum absolute atomic E-state index is 0.00764. The summed E-state index contributed by atoms with van der Waals surface area (Å²) in [4.78, 5) is 25.8. The maximum Gasteiger partial charge on any atom is 0.250 e. The molecule has 2 aromatic heterocycles. The molecule has 0 spiro atoms. The Morgan fingerprint density at radius 2 is 1.83 bits per heavy atom. The predicted molar refractivity (Wildman–Crippen MR) is 117 cm³/mol. The minimum atomic E-state index is -3.66. The highest BCUT2D eigenvalue weighted by atomic mass is 32.2. The van der Waals surface area contributed by atoms with Gasteiger partial charge in [-0.05, 0) is 23.1 Å². The van der Waals surface area contributed by atoms with E-state index in [2.05, 4.69) is 5.32 Å². The molecule has 0 saturated carbocycles. The van der Waals surface area contributed by atoms with Crippen molar-refractivity contribution < 1.29 is 13.2 Å². The Morgan fingerprint density at radius 3 is 2.47 bits per heavy atom. The largest absolute Gasteiger partial charge is 0.344 e. The van der Waals surface area contributed by atoms with Crippen molar-refractivity contribution in [2.75, 3.05) is 14.1 Å². The van der Waals surface area contributed by atoms with E-state index in [4.69, 9.17) is 0 Å². The van der Waals surface area contributed by atoms with Crippen molar-refractivity contribution in [3.8, 4) is 0 Å². The number of hydrogen-bond donors (Lipinski definition) is 1. The highest BCUT2D eigenvalue weighted by Gasteiger charge is 2.20. The fourth-order valence-electron chi connectivity index (χ4n) is 2.92. The van der Waals surface area contributed by atoms with E-state index in [0.717, 1.165) is 14.7 Å². The van der Waals surface area contributed by atoms with Gasteiger partial charge in [0.15, 0.2) is 0 Å². The van der Waals surface area contributed by atoms with E-state index in [1.54, 1.807) is 11.3 Å². The number of rotatable bonds is 8. The van der Waals surface area contributed by atoms with Crippen LogP contribution < -0.4 is 10.9 Å². The summed E-state index contributed by atoms with van der Waals surface area (Å²) in [5, 5.41) is 4.97. The summed E-state index contributed by atoms with van der Waals surface area (Å²) < 4.78 is 26.9. The van der Waals surface area contributed by atoms with Gasteiger partial charge in [0.1, 0.15) is 0 Å². The van der Waals surface area contributed by atoms with E-state index < -0.39 is 10.0 Å². The molecule has 0 aliphatic carbocycles. The molecule has 0 bridgehead atoms. The zero-order chi connectivity index (χ0) is 21.7. The normalized spacial score (nSPS) is 12.6. The van der Waals surface area contributed by atoms with Crippen molar-refractivity contribution in [2.24, 2.45) is 0 Å². The number of thiophene rings is 1. The lowest BCUT2D eigenvalue weighted by Gasteiger charge is -2.18. The summed E-state index contributed by atoms with van der Waals surface area (Å²) in [5.74, 6) is -0.231. The monoisotopic (exact) mass is 445 g/mol. The quantitative estimate of drug-likeness (QED) is 0.577. The van der Waals surface area contributed by atoms with Crippen molar-refractivity contribution in [1.82, 2.24) is 14.2 Å². The van der Waals surface area contributed by atoms with Crippen molar-refractivity contribution in [3.05, 3.63) is 87.0 Å². The van der Waals surface area contributed by atoms with Gasteiger partial charge >= 0.3 is 0 Å². The highest BCUT2D eigenvalue weighted by Crippen LogP contribution is 2.26. The van der Waals surface area contributed by atoms with Gasteiger partial charge in [-0.2, -0.15) is 0 Å². The van der Waals surface area contributed by atoms with Crippen LogP contribution in [-0.2, 0) is 21.4 Å². The third-order valence-corrected chi connectivity index (χ3v) is 7.32. The predicted octanol–water partition coefficient (Wildman–Crippen LogP) is 2.46. The molecule has 7 nitrogen and oxygen atoms in total. The van der Waals surface area contributed by atoms with E-state index in [1.807, 2.05) is 47.8 Å². The fourth-order valence-corrected chi connectivity index (χ4v) is 4.65. The number of nitrogens with one attached hydrogen (secondary N) is 1. The van der Waals surface area contributed by atoms with Gasteiger partial charge in [-0.1, -0.05) is 36.4 Å². The smallest absolute Gasteiger partial charge is 0.250 e. The average molecular weight is 446 g/mol. The van der Waals surface area contributed by atoms with Crippen LogP contribution in [0.4, 0.5) is 0 Å². The summed E-state index contributed by atoms with van der Waals surface area (Å²) in [6.07, 6.45) is 1.32. The number of nitrogens with zero attached hydrogens (tertiary/aromatic N) is 2. The summed E-state index contributed by atoms with van der Waals surface area (Å²) >= 11 is 1.55. The maximum atomic E-state index is 12.6.